The molecular weight excluding hydrogens is 245 g/mol. The number of fused-ring (bicyclic) bond motifs is 1. The Bertz CT molecular complexity index is 528. The van der Waals surface area contributed by atoms with E-state index in [0.717, 1.165) is 11.3 Å². The number of aromatic nitrogens is 3. The summed E-state index contributed by atoms with van der Waals surface area (Å²) < 4.78 is 13.5. The molecule has 0 radical (unpaired) electrons. The Morgan fingerprint density at radius 1 is 1.17 bits per heavy atom. The molecule has 0 aromatic carbocycles. The fourth-order valence-corrected chi connectivity index (χ4v) is 2.00. The van der Waals surface area contributed by atoms with Gasteiger partial charge in [0.2, 0.25) is 0 Å². The second-order valence-corrected chi connectivity index (χ2v) is 6.87. The fourth-order valence-electron chi connectivity index (χ4n) is 1.27. The summed E-state index contributed by atoms with van der Waals surface area (Å²) in [7, 11) is -2.28. The normalized spacial score (nSPS) is 10.2. The Balaban J connectivity index is 0.000000659. The Labute approximate surface area is 110 Å². The molecule has 0 amide bonds. The van der Waals surface area contributed by atoms with Gasteiger partial charge in [-0.3, -0.25) is 0 Å². The van der Waals surface area contributed by atoms with Crippen LogP contribution in [0.3, 0.4) is 0 Å². The van der Waals surface area contributed by atoms with Crippen LogP contribution >= 0.6 is 7.14 Å². The van der Waals surface area contributed by atoms with Gasteiger partial charge in [-0.15, -0.1) is 0 Å². The summed E-state index contributed by atoms with van der Waals surface area (Å²) in [5, 5.41) is 4.27. The highest BCUT2D eigenvalue weighted by Gasteiger charge is 2.16. The van der Waals surface area contributed by atoms with E-state index >= 15 is 0 Å². The maximum Gasteiger partial charge on any atom is 0.155 e. The monoisotopic (exact) mass is 269 g/mol. The van der Waals surface area contributed by atoms with Crippen LogP contribution in [0.15, 0.2) is 18.3 Å². The summed E-state index contributed by atoms with van der Waals surface area (Å²) >= 11 is 0. The van der Waals surface area contributed by atoms with Crippen LogP contribution in [0.4, 0.5) is 0 Å². The van der Waals surface area contributed by atoms with E-state index in [9.17, 15) is 4.57 Å². The average molecular weight is 269 g/mol. The summed E-state index contributed by atoms with van der Waals surface area (Å²) in [6.45, 7) is 13.4. The van der Waals surface area contributed by atoms with Gasteiger partial charge in [0, 0.05) is 18.0 Å². The van der Waals surface area contributed by atoms with Crippen molar-refractivity contribution in [3.05, 3.63) is 24.0 Å². The highest BCUT2D eigenvalue weighted by atomic mass is 31.2. The molecule has 0 aliphatic heterocycles. The van der Waals surface area contributed by atoms with Gasteiger partial charge in [0.25, 0.3) is 0 Å². The molecule has 0 saturated heterocycles. The van der Waals surface area contributed by atoms with Crippen LogP contribution in [-0.4, -0.2) is 27.9 Å². The van der Waals surface area contributed by atoms with Gasteiger partial charge < -0.3 is 4.57 Å². The van der Waals surface area contributed by atoms with Crippen LogP contribution in [0.25, 0.3) is 5.65 Å². The lowest BCUT2D eigenvalue weighted by Crippen LogP contribution is -2.05. The molecule has 5 heteroatoms. The molecule has 0 bridgehead atoms. The van der Waals surface area contributed by atoms with E-state index in [0.29, 0.717) is 5.44 Å². The third-order valence-corrected chi connectivity index (χ3v) is 3.41. The van der Waals surface area contributed by atoms with E-state index in [4.69, 9.17) is 0 Å². The molecule has 0 N–H and O–H groups in total. The minimum Gasteiger partial charge on any atom is -0.318 e. The van der Waals surface area contributed by atoms with Gasteiger partial charge in [-0.1, -0.05) is 27.7 Å². The standard InChI is InChI=1S/C9H12N3OP.2C2H6/c1-7-4-5-10-8-6-9(11-12(7)8)14(2,3)13;2*1-2/h4-6H,1-3H3;2*1-2H3. The number of hydrogen-bond donors (Lipinski definition) is 0. The lowest BCUT2D eigenvalue weighted by atomic mass is 10.4. The van der Waals surface area contributed by atoms with E-state index in [1.165, 1.54) is 0 Å². The van der Waals surface area contributed by atoms with E-state index in [1.54, 1.807) is 30.1 Å². The molecule has 2 rings (SSSR count). The van der Waals surface area contributed by atoms with E-state index in [-0.39, 0.29) is 0 Å². The molecule has 2 heterocycles. The molecule has 2 aromatic rings. The summed E-state index contributed by atoms with van der Waals surface area (Å²) in [5.74, 6) is 0. The second kappa shape index (κ2) is 7.32. The van der Waals surface area contributed by atoms with Crippen LogP contribution < -0.4 is 5.44 Å². The Morgan fingerprint density at radius 2 is 1.72 bits per heavy atom. The summed E-state index contributed by atoms with van der Waals surface area (Å²) in [5.41, 5.74) is 2.39. The lowest BCUT2D eigenvalue weighted by molar-refractivity contribution is 0.587. The third-order valence-electron chi connectivity index (χ3n) is 2.09. The summed E-state index contributed by atoms with van der Waals surface area (Å²) in [4.78, 5) is 4.16. The first-order valence-electron chi connectivity index (χ1n) is 6.35. The topological polar surface area (TPSA) is 47.3 Å². The van der Waals surface area contributed by atoms with Crippen molar-refractivity contribution in [2.75, 3.05) is 13.3 Å². The van der Waals surface area contributed by atoms with Gasteiger partial charge >= 0.3 is 0 Å². The average Bonchev–Trinajstić information content (AvgIpc) is 2.80. The molecule has 2 aromatic heterocycles. The van der Waals surface area contributed by atoms with Crippen LogP contribution in [0.5, 0.6) is 0 Å². The lowest BCUT2D eigenvalue weighted by Gasteiger charge is -1.99. The molecule has 0 aliphatic rings. The number of nitrogens with zero attached hydrogens (tertiary/aromatic N) is 3. The molecule has 0 aliphatic carbocycles. The molecule has 4 nitrogen and oxygen atoms in total. The zero-order valence-corrected chi connectivity index (χ0v) is 13.3. The van der Waals surface area contributed by atoms with Gasteiger partial charge in [-0.2, -0.15) is 5.10 Å². The van der Waals surface area contributed by atoms with Crippen LogP contribution in [0.2, 0.25) is 0 Å². The smallest absolute Gasteiger partial charge is 0.155 e. The first-order valence-corrected chi connectivity index (χ1v) is 8.95. The number of hydrogen-bond acceptors (Lipinski definition) is 3. The zero-order valence-electron chi connectivity index (χ0n) is 12.4. The van der Waals surface area contributed by atoms with Crippen molar-refractivity contribution in [2.24, 2.45) is 0 Å². The zero-order chi connectivity index (χ0) is 14.3. The van der Waals surface area contributed by atoms with Gasteiger partial charge in [-0.05, 0) is 26.3 Å². The van der Waals surface area contributed by atoms with Crippen molar-refractivity contribution in [1.82, 2.24) is 14.6 Å². The van der Waals surface area contributed by atoms with Crippen LogP contribution in [-0.2, 0) is 4.57 Å². The van der Waals surface area contributed by atoms with Crippen molar-refractivity contribution < 1.29 is 4.57 Å². The van der Waals surface area contributed by atoms with E-state index in [1.807, 2.05) is 40.7 Å². The first-order chi connectivity index (χ1) is 8.48. The minimum absolute atomic E-state index is 0.638. The highest BCUT2D eigenvalue weighted by Crippen LogP contribution is 2.33. The predicted molar refractivity (Wildman–Crippen MR) is 79.5 cm³/mol. The minimum atomic E-state index is -2.28. The molecule has 0 fully saturated rings. The second-order valence-electron chi connectivity index (χ2n) is 3.71. The van der Waals surface area contributed by atoms with E-state index < -0.39 is 7.14 Å². The predicted octanol–water partition coefficient (Wildman–Crippen LogP) is 3.34. The van der Waals surface area contributed by atoms with Crippen molar-refractivity contribution in [1.29, 1.82) is 0 Å². The maximum atomic E-state index is 11.8. The summed E-state index contributed by atoms with van der Waals surface area (Å²) in [6, 6.07) is 3.66. The Morgan fingerprint density at radius 3 is 2.17 bits per heavy atom. The van der Waals surface area contributed by atoms with Gasteiger partial charge in [0.05, 0.1) is 0 Å². The molecular formula is C13H24N3OP. The molecule has 0 spiro atoms. The highest BCUT2D eigenvalue weighted by molar-refractivity contribution is 7.69. The quantitative estimate of drug-likeness (QED) is 0.746. The third kappa shape index (κ3) is 3.95. The Hall–Kier alpha value is -1.15. The molecule has 18 heavy (non-hydrogen) atoms. The number of aryl methyl sites for hydroxylation is 1. The van der Waals surface area contributed by atoms with Crippen molar-refractivity contribution >= 4 is 18.2 Å². The Kier molecular flexibility index (Phi) is 6.85. The maximum absolute atomic E-state index is 11.8. The van der Waals surface area contributed by atoms with E-state index in [2.05, 4.69) is 10.1 Å². The van der Waals surface area contributed by atoms with Crippen molar-refractivity contribution in [3.63, 3.8) is 0 Å². The molecule has 0 unspecified atom stereocenters. The molecule has 102 valence electrons. The molecule has 0 atom stereocenters. The summed E-state index contributed by atoms with van der Waals surface area (Å²) in [6.07, 6.45) is 1.73. The van der Waals surface area contributed by atoms with Crippen molar-refractivity contribution in [2.45, 2.75) is 34.6 Å². The van der Waals surface area contributed by atoms with Crippen LogP contribution in [0.1, 0.15) is 33.4 Å². The first kappa shape index (κ1) is 16.9. The van der Waals surface area contributed by atoms with Crippen LogP contribution in [0, 0.1) is 6.92 Å². The number of rotatable bonds is 1. The largest absolute Gasteiger partial charge is 0.318 e. The SMILES string of the molecule is CC.CC.Cc1ccnc2cc(P(C)(C)=O)nn12. The van der Waals surface area contributed by atoms with Gasteiger partial charge in [0.15, 0.2) is 5.65 Å². The fraction of sp³-hybridized carbons (Fsp3) is 0.538. The van der Waals surface area contributed by atoms with Gasteiger partial charge in [-0.25, -0.2) is 9.50 Å². The van der Waals surface area contributed by atoms with Crippen molar-refractivity contribution in [3.8, 4) is 0 Å². The van der Waals surface area contributed by atoms with Gasteiger partial charge in [0.1, 0.15) is 12.6 Å². The molecule has 0 saturated carbocycles.